The maximum Gasteiger partial charge on any atom is 0.407 e. The van der Waals surface area contributed by atoms with Gasteiger partial charge in [-0.3, -0.25) is 38.5 Å². The Balaban J connectivity index is 1.52. The molecule has 0 spiro atoms. The number of likely N-dealkylation sites (tertiary alicyclic amines) is 1. The van der Waals surface area contributed by atoms with Gasteiger partial charge in [0.2, 0.25) is 17.7 Å². The molecule has 2 heterocycles. The molecule has 0 radical (unpaired) electrons. The fourth-order valence-corrected chi connectivity index (χ4v) is 10.4. The summed E-state index contributed by atoms with van der Waals surface area (Å²) in [7, 11) is 2.00. The van der Waals surface area contributed by atoms with Gasteiger partial charge in [0.25, 0.3) is 5.91 Å². The third kappa shape index (κ3) is 26.9. The second-order valence-corrected chi connectivity index (χ2v) is 22.4. The standard InChI is InChI=1S/C59H96N8O14S/c1-9-22-67(58(75)47(41(6)11-3)34-51(70)49-14-12-13-23-66(49)8)50(40(4)5)35-53(80-24-10-2)57-65-48(39-82-57)56(74)64-44(33-43-15-17-45(68)18-16-43)32-42(7)52(71)38-63-59(76)81-31-30-79-29-28-78-27-26-77-25-21-61-54(72)20-19-46(69)37-62-55(73)36-60/h15-18,39-42,44,47,49-50,53,68H,9-14,19-38,60H2,1-8H3,(H,61,72)(H,62,73)(H,63,76)(H,64,74)/t41-,42-,44+,47-,49+,50+,53+/m0/s1. The Kier molecular flexibility index (Phi) is 34.5. The summed E-state index contributed by atoms with van der Waals surface area (Å²) in [6, 6.07) is 5.67. The number of phenols is 1. The number of aromatic nitrogens is 1. The molecule has 462 valence electrons. The number of alkyl carbamates (subject to hydrolysis) is 1. The van der Waals surface area contributed by atoms with Gasteiger partial charge < -0.3 is 60.7 Å². The summed E-state index contributed by atoms with van der Waals surface area (Å²) in [5, 5.41) is 22.9. The number of Topliss-reactive ketones (excluding diaryl/α,β-unsaturated/α-hetero) is 3. The van der Waals surface area contributed by atoms with E-state index in [0.717, 1.165) is 50.6 Å². The van der Waals surface area contributed by atoms with Crippen LogP contribution in [0, 0.1) is 23.7 Å². The lowest BCUT2D eigenvalue weighted by Gasteiger charge is -2.40. The second-order valence-electron chi connectivity index (χ2n) is 21.5. The van der Waals surface area contributed by atoms with E-state index in [1.165, 1.54) is 11.3 Å². The summed E-state index contributed by atoms with van der Waals surface area (Å²) >= 11 is 1.32. The molecule has 7 N–H and O–H groups in total. The Bertz CT molecular complexity index is 2250. The molecule has 1 fully saturated rings. The molecule has 0 bridgehead atoms. The quantitative estimate of drug-likeness (QED) is 0.0458. The van der Waals surface area contributed by atoms with Crippen LogP contribution in [0.15, 0.2) is 29.6 Å². The molecule has 22 nitrogen and oxygen atoms in total. The first-order valence-electron chi connectivity index (χ1n) is 29.4. The van der Waals surface area contributed by atoms with Crippen LogP contribution in [-0.4, -0.2) is 184 Å². The number of thiazole rings is 1. The van der Waals surface area contributed by atoms with Crippen molar-refractivity contribution in [2.24, 2.45) is 29.4 Å². The number of amides is 5. The second kappa shape index (κ2) is 39.9. The minimum absolute atomic E-state index is 0.000393. The zero-order valence-electron chi connectivity index (χ0n) is 50.0. The molecule has 3 rings (SSSR count). The number of rotatable bonds is 43. The molecule has 1 aliphatic heterocycles. The maximum absolute atomic E-state index is 14.9. The van der Waals surface area contributed by atoms with Crippen molar-refractivity contribution in [1.82, 2.24) is 36.1 Å². The van der Waals surface area contributed by atoms with Crippen molar-refractivity contribution in [3.8, 4) is 5.75 Å². The smallest absolute Gasteiger partial charge is 0.407 e. The Morgan fingerprint density at radius 3 is 2.13 bits per heavy atom. The molecule has 7 atom stereocenters. The highest BCUT2D eigenvalue weighted by Gasteiger charge is 2.38. The van der Waals surface area contributed by atoms with Gasteiger partial charge in [-0.05, 0) is 81.6 Å². The number of carbonyl (C=O) groups excluding carboxylic acids is 8. The van der Waals surface area contributed by atoms with E-state index in [2.05, 4.69) is 60.8 Å². The number of carbonyl (C=O) groups is 8. The van der Waals surface area contributed by atoms with E-state index >= 15 is 0 Å². The molecule has 1 saturated heterocycles. The van der Waals surface area contributed by atoms with Gasteiger partial charge in [0, 0.05) is 74.7 Å². The van der Waals surface area contributed by atoms with Gasteiger partial charge in [-0.25, -0.2) is 9.78 Å². The summed E-state index contributed by atoms with van der Waals surface area (Å²) in [4.78, 5) is 112. The summed E-state index contributed by atoms with van der Waals surface area (Å²) in [5.41, 5.74) is 6.18. The van der Waals surface area contributed by atoms with Crippen molar-refractivity contribution >= 4 is 58.4 Å². The highest BCUT2D eigenvalue weighted by molar-refractivity contribution is 7.09. The number of ketones is 3. The van der Waals surface area contributed by atoms with Gasteiger partial charge in [0.05, 0.1) is 65.3 Å². The number of aromatic hydroxyl groups is 1. The number of hydrogen-bond acceptors (Lipinski definition) is 18. The molecule has 1 aromatic carbocycles. The van der Waals surface area contributed by atoms with Crippen LogP contribution in [0.25, 0.3) is 0 Å². The number of nitrogens with zero attached hydrogens (tertiary/aromatic N) is 3. The Morgan fingerprint density at radius 1 is 0.817 bits per heavy atom. The summed E-state index contributed by atoms with van der Waals surface area (Å²) in [6.07, 6.45) is 5.05. The van der Waals surface area contributed by atoms with Crippen molar-refractivity contribution < 1.29 is 67.1 Å². The van der Waals surface area contributed by atoms with E-state index in [1.54, 1.807) is 36.6 Å². The minimum Gasteiger partial charge on any atom is -0.508 e. The zero-order valence-corrected chi connectivity index (χ0v) is 50.8. The van der Waals surface area contributed by atoms with Crippen LogP contribution in [-0.2, 0) is 58.9 Å². The molecule has 82 heavy (non-hydrogen) atoms. The van der Waals surface area contributed by atoms with E-state index in [0.29, 0.717) is 31.0 Å². The topological polar surface area (TPSA) is 296 Å². The van der Waals surface area contributed by atoms with Crippen molar-refractivity contribution in [3.05, 3.63) is 45.9 Å². The van der Waals surface area contributed by atoms with Crippen LogP contribution in [0.3, 0.4) is 0 Å². The van der Waals surface area contributed by atoms with Gasteiger partial charge in [0.1, 0.15) is 29.2 Å². The predicted molar refractivity (Wildman–Crippen MR) is 312 cm³/mol. The molecule has 2 aromatic rings. The number of piperidine rings is 1. The molecule has 0 unspecified atom stereocenters. The van der Waals surface area contributed by atoms with Crippen LogP contribution in [0.1, 0.15) is 146 Å². The number of nitrogens with two attached hydrogens (primary N) is 1. The molecular weight excluding hydrogens is 1080 g/mol. The molecule has 23 heteroatoms. The normalized spacial score (nSPS) is 15.8. The molecule has 5 amide bonds. The summed E-state index contributed by atoms with van der Waals surface area (Å²) in [6.45, 7) is 16.9. The Hall–Kier alpha value is -5.43. The fraction of sp³-hybridized carbons (Fsp3) is 0.712. The van der Waals surface area contributed by atoms with E-state index in [1.807, 2.05) is 18.9 Å². The van der Waals surface area contributed by atoms with Gasteiger partial charge >= 0.3 is 6.09 Å². The van der Waals surface area contributed by atoms with Gasteiger partial charge in [-0.1, -0.05) is 73.4 Å². The van der Waals surface area contributed by atoms with Crippen molar-refractivity contribution in [3.63, 3.8) is 0 Å². The third-order valence-electron chi connectivity index (χ3n) is 14.6. The van der Waals surface area contributed by atoms with Gasteiger partial charge in [-0.15, -0.1) is 11.3 Å². The lowest BCUT2D eigenvalue weighted by molar-refractivity contribution is -0.145. The maximum atomic E-state index is 14.9. The number of hydrogen-bond donors (Lipinski definition) is 6. The van der Waals surface area contributed by atoms with Crippen LogP contribution >= 0.6 is 11.3 Å². The minimum atomic E-state index is -0.792. The number of benzene rings is 1. The first kappa shape index (κ1) is 70.8. The SMILES string of the molecule is CCCO[C@H](C[C@H](C(C)C)N(CCC)C(=O)[C@@H](CC(=O)[C@H]1CCCCN1C)[C@@H](C)CC)c1nc(C(=O)N[C@@H](Cc2ccc(O)cc2)C[C@H](C)C(=O)CNC(=O)OCCOCCOCCOCCNC(=O)CCC(=O)CNC(=O)CN)cs1. The fourth-order valence-electron chi connectivity index (χ4n) is 9.57. The summed E-state index contributed by atoms with van der Waals surface area (Å²) in [5.74, 6) is -2.50. The third-order valence-corrected chi connectivity index (χ3v) is 15.5. The lowest BCUT2D eigenvalue weighted by atomic mass is 9.82. The monoisotopic (exact) mass is 1170 g/mol. The largest absolute Gasteiger partial charge is 0.508 e. The first-order valence-corrected chi connectivity index (χ1v) is 30.3. The van der Waals surface area contributed by atoms with Gasteiger partial charge in [-0.2, -0.15) is 0 Å². The van der Waals surface area contributed by atoms with Crippen molar-refractivity contribution in [1.29, 1.82) is 0 Å². The molecule has 0 aliphatic carbocycles. The van der Waals surface area contributed by atoms with Crippen LogP contribution < -0.4 is 27.0 Å². The van der Waals surface area contributed by atoms with Crippen LogP contribution in [0.2, 0.25) is 0 Å². The van der Waals surface area contributed by atoms with E-state index in [4.69, 9.17) is 34.4 Å². The molecular formula is C59H96N8O14S. The molecule has 1 aromatic heterocycles. The zero-order chi connectivity index (χ0) is 60.4. The number of phenolic OH excluding ortho intramolecular Hbond substituents is 1. The van der Waals surface area contributed by atoms with Gasteiger partial charge in [0.15, 0.2) is 17.3 Å². The Morgan fingerprint density at radius 2 is 1.50 bits per heavy atom. The lowest BCUT2D eigenvalue weighted by Crippen LogP contribution is -2.50. The Labute approximate surface area is 489 Å². The number of likely N-dealkylation sites (N-methyl/N-ethyl adjacent to an activating group) is 1. The highest BCUT2D eigenvalue weighted by atomic mass is 32.1. The predicted octanol–water partition coefficient (Wildman–Crippen LogP) is 5.33. The average Bonchev–Trinajstić information content (AvgIpc) is 4.16. The average molecular weight is 1170 g/mol. The first-order chi connectivity index (χ1) is 39.3. The number of ether oxygens (including phenoxy) is 5. The van der Waals surface area contributed by atoms with E-state index in [-0.39, 0.29) is 163 Å². The molecule has 1 aliphatic rings. The number of nitrogens with one attached hydrogen (secondary N) is 4. The highest BCUT2D eigenvalue weighted by Crippen LogP contribution is 2.34. The summed E-state index contributed by atoms with van der Waals surface area (Å²) < 4.78 is 28.0. The van der Waals surface area contributed by atoms with Crippen molar-refractivity contribution in [2.45, 2.75) is 150 Å². The molecule has 0 saturated carbocycles. The van der Waals surface area contributed by atoms with E-state index < -0.39 is 41.9 Å². The van der Waals surface area contributed by atoms with Crippen LogP contribution in [0.5, 0.6) is 5.75 Å². The van der Waals surface area contributed by atoms with E-state index in [9.17, 15) is 43.5 Å². The van der Waals surface area contributed by atoms with Crippen LogP contribution in [0.4, 0.5) is 4.79 Å². The van der Waals surface area contributed by atoms with Crippen molar-refractivity contribution in [2.75, 3.05) is 99.2 Å².